The molecule has 0 aliphatic carbocycles. The molecule has 0 fully saturated rings. The van der Waals surface area contributed by atoms with Crippen LogP contribution in [0.3, 0.4) is 0 Å². The van der Waals surface area contributed by atoms with Gasteiger partial charge in [0.15, 0.2) is 0 Å². The van der Waals surface area contributed by atoms with Crippen molar-refractivity contribution in [2.45, 2.75) is 0 Å². The van der Waals surface area contributed by atoms with Crippen LogP contribution in [0.5, 0.6) is 0 Å². The van der Waals surface area contributed by atoms with Gasteiger partial charge in [0, 0.05) is 7.11 Å². The fourth-order valence-corrected chi connectivity index (χ4v) is 0.309. The topological polar surface area (TPSA) is 38.7 Å². The van der Waals surface area contributed by atoms with E-state index in [-0.39, 0.29) is 58.3 Å². The Hall–Kier alpha value is 1.45. The van der Waals surface area contributed by atoms with Crippen molar-refractivity contribution in [1.82, 2.24) is 0 Å². The van der Waals surface area contributed by atoms with Gasteiger partial charge in [-0.3, -0.25) is 0 Å². The molecule has 0 heterocycles. The van der Waals surface area contributed by atoms with Crippen LogP contribution in [0.25, 0.3) is 0 Å². The Morgan fingerprint density at radius 3 is 2.44 bits per heavy atom. The van der Waals surface area contributed by atoms with Crippen molar-refractivity contribution in [1.29, 1.82) is 0 Å². The Kier molecular flexibility index (Phi) is 17.7. The minimum atomic E-state index is 0. The fourth-order valence-electron chi connectivity index (χ4n) is 0.309. The first kappa shape index (κ1) is 13.1. The van der Waals surface area contributed by atoms with Crippen molar-refractivity contribution in [3.8, 4) is 0 Å². The number of hydrogen-bond donors (Lipinski definition) is 1. The molecule has 0 unspecified atom stereocenters. The third-order valence-electron chi connectivity index (χ3n) is 0.667. The van der Waals surface area contributed by atoms with Gasteiger partial charge in [0.2, 0.25) is 0 Å². The molecule has 0 atom stereocenters. The van der Waals surface area contributed by atoms with Crippen LogP contribution in [0.2, 0.25) is 0 Å². The molecule has 1 N–H and O–H groups in total. The Morgan fingerprint density at radius 1 is 1.33 bits per heavy atom. The van der Waals surface area contributed by atoms with E-state index in [4.69, 9.17) is 9.84 Å². The summed E-state index contributed by atoms with van der Waals surface area (Å²) in [6, 6.07) is 0. The van der Waals surface area contributed by atoms with E-state index in [1.807, 2.05) is 0 Å². The minimum absolute atomic E-state index is 0. The van der Waals surface area contributed by atoms with E-state index in [0.717, 1.165) is 0 Å². The SMILES string of the molecule is COCCOCCO.[Ba+2].[H-].[H-]. The normalized spacial score (nSPS) is 8.67. The zero-order chi connectivity index (χ0) is 6.24. The van der Waals surface area contributed by atoms with Gasteiger partial charge in [-0.15, -0.1) is 0 Å². The van der Waals surface area contributed by atoms with E-state index in [1.54, 1.807) is 7.11 Å². The summed E-state index contributed by atoms with van der Waals surface area (Å²) < 4.78 is 9.53. The molecule has 0 aromatic carbocycles. The average molecular weight is 259 g/mol. The molecule has 0 bridgehead atoms. The van der Waals surface area contributed by atoms with Gasteiger partial charge in [0.1, 0.15) is 0 Å². The number of rotatable bonds is 5. The average Bonchev–Trinajstić information content (AvgIpc) is 1.81. The number of methoxy groups -OCH3 is 1. The summed E-state index contributed by atoms with van der Waals surface area (Å²) in [5, 5.41) is 8.20. The molecule has 0 aliphatic heterocycles. The van der Waals surface area contributed by atoms with Gasteiger partial charge in [-0.25, -0.2) is 0 Å². The summed E-state index contributed by atoms with van der Waals surface area (Å²) >= 11 is 0. The standard InChI is InChI=1S/C5H12O3.Ba.2H/c1-7-4-5-8-3-2-6;;;/h6H,2-5H2,1H3;;;/q;+2;2*-1. The first-order valence-electron chi connectivity index (χ1n) is 2.59. The second kappa shape index (κ2) is 12.2. The van der Waals surface area contributed by atoms with Crippen LogP contribution in [0.1, 0.15) is 2.85 Å². The second-order valence-electron chi connectivity index (χ2n) is 1.33. The van der Waals surface area contributed by atoms with Crippen LogP contribution in [0, 0.1) is 0 Å². The maximum Gasteiger partial charge on any atom is 2.00 e. The zero-order valence-electron chi connectivity index (χ0n) is 7.80. The number of ether oxygens (including phenoxy) is 2. The zero-order valence-corrected chi connectivity index (χ0v) is 10.2. The molecule has 54 valence electrons. The van der Waals surface area contributed by atoms with Crippen molar-refractivity contribution in [3.05, 3.63) is 0 Å². The van der Waals surface area contributed by atoms with Crippen LogP contribution in [-0.2, 0) is 9.47 Å². The van der Waals surface area contributed by atoms with Gasteiger partial charge >= 0.3 is 48.9 Å². The van der Waals surface area contributed by atoms with Crippen LogP contribution in [-0.4, -0.2) is 87.5 Å². The van der Waals surface area contributed by atoms with Gasteiger partial charge in [-0.2, -0.15) is 0 Å². The van der Waals surface area contributed by atoms with Crippen LogP contribution < -0.4 is 0 Å². The van der Waals surface area contributed by atoms with E-state index in [0.29, 0.717) is 19.8 Å². The smallest absolute Gasteiger partial charge is 1.00 e. The Morgan fingerprint density at radius 2 is 2.00 bits per heavy atom. The van der Waals surface area contributed by atoms with Crippen molar-refractivity contribution < 1.29 is 17.4 Å². The maximum atomic E-state index is 8.20. The molecule has 0 aliphatic rings. The third-order valence-corrected chi connectivity index (χ3v) is 0.667. The van der Waals surface area contributed by atoms with Crippen molar-refractivity contribution in [2.24, 2.45) is 0 Å². The summed E-state index contributed by atoms with van der Waals surface area (Å²) in [5.41, 5.74) is 0. The quantitative estimate of drug-likeness (QED) is 0.534. The van der Waals surface area contributed by atoms with E-state index < -0.39 is 0 Å². The largest absolute Gasteiger partial charge is 2.00 e. The van der Waals surface area contributed by atoms with Crippen molar-refractivity contribution in [3.63, 3.8) is 0 Å². The first-order valence-corrected chi connectivity index (χ1v) is 2.59. The summed E-state index contributed by atoms with van der Waals surface area (Å²) in [6.45, 7) is 1.66. The summed E-state index contributed by atoms with van der Waals surface area (Å²) in [4.78, 5) is 0. The van der Waals surface area contributed by atoms with Crippen molar-refractivity contribution in [2.75, 3.05) is 33.5 Å². The predicted molar refractivity (Wildman–Crippen MR) is 37.8 cm³/mol. The molecular weight excluding hydrogens is 245 g/mol. The molecule has 3 nitrogen and oxygen atoms in total. The monoisotopic (exact) mass is 260 g/mol. The Labute approximate surface area is 98.8 Å². The van der Waals surface area contributed by atoms with E-state index in [1.165, 1.54) is 0 Å². The molecule has 9 heavy (non-hydrogen) atoms. The molecular formula is C5H14BaO3. The molecule has 4 heteroatoms. The van der Waals surface area contributed by atoms with Gasteiger partial charge in [0.05, 0.1) is 26.4 Å². The maximum absolute atomic E-state index is 8.20. The van der Waals surface area contributed by atoms with Crippen LogP contribution in [0.4, 0.5) is 0 Å². The van der Waals surface area contributed by atoms with E-state index >= 15 is 0 Å². The predicted octanol–water partition coefficient (Wildman–Crippen LogP) is -0.514. The molecule has 0 aromatic heterocycles. The Balaban J connectivity index is -0.0000000817. The van der Waals surface area contributed by atoms with Crippen molar-refractivity contribution >= 4 is 48.9 Å². The second-order valence-corrected chi connectivity index (χ2v) is 1.33. The molecule has 0 radical (unpaired) electrons. The minimum Gasteiger partial charge on any atom is -1.00 e. The number of hydrogen-bond acceptors (Lipinski definition) is 3. The van der Waals surface area contributed by atoms with E-state index in [2.05, 4.69) is 4.74 Å². The van der Waals surface area contributed by atoms with Crippen LogP contribution in [0.15, 0.2) is 0 Å². The fraction of sp³-hybridized carbons (Fsp3) is 1.00. The molecule has 0 spiro atoms. The first-order chi connectivity index (χ1) is 3.91. The number of aliphatic hydroxyl groups is 1. The van der Waals surface area contributed by atoms with Gasteiger partial charge < -0.3 is 17.4 Å². The number of aliphatic hydroxyl groups excluding tert-OH is 1. The van der Waals surface area contributed by atoms with E-state index in [9.17, 15) is 0 Å². The third kappa shape index (κ3) is 12.6. The van der Waals surface area contributed by atoms with Gasteiger partial charge in [-0.1, -0.05) is 0 Å². The van der Waals surface area contributed by atoms with Gasteiger partial charge in [0.25, 0.3) is 0 Å². The molecule has 0 aromatic rings. The summed E-state index contributed by atoms with van der Waals surface area (Å²) in [5.74, 6) is 0. The molecule has 0 saturated carbocycles. The van der Waals surface area contributed by atoms with Crippen LogP contribution >= 0.6 is 0 Å². The molecule has 0 rings (SSSR count). The molecule has 0 amide bonds. The Bertz CT molecular complexity index is 44.7. The van der Waals surface area contributed by atoms with Gasteiger partial charge in [-0.05, 0) is 0 Å². The summed E-state index contributed by atoms with van der Waals surface area (Å²) in [7, 11) is 1.61. The summed E-state index contributed by atoms with van der Waals surface area (Å²) in [6.07, 6.45) is 0. The molecule has 0 saturated heterocycles.